The molecule has 1 aromatic heterocycles. The molecule has 1 heterocycles. The lowest BCUT2D eigenvalue weighted by atomic mass is 10.3. The molecule has 0 saturated carbocycles. The van der Waals surface area contributed by atoms with Gasteiger partial charge in [-0.3, -0.25) is 9.79 Å². The van der Waals surface area contributed by atoms with Crippen molar-refractivity contribution in [2.45, 2.75) is 19.4 Å². The van der Waals surface area contributed by atoms with Crippen molar-refractivity contribution in [3.05, 3.63) is 15.9 Å². The van der Waals surface area contributed by atoms with Crippen molar-refractivity contribution in [3.63, 3.8) is 0 Å². The zero-order valence-corrected chi connectivity index (χ0v) is 9.09. The Hall–Kier alpha value is -0.940. The van der Waals surface area contributed by atoms with Crippen molar-refractivity contribution in [2.75, 3.05) is 13.6 Å². The van der Waals surface area contributed by atoms with Crippen LogP contribution in [0, 0.1) is 0 Å². The van der Waals surface area contributed by atoms with E-state index >= 15 is 0 Å². The number of nitrogens with two attached hydrogens (primary N) is 1. The van der Waals surface area contributed by atoms with Crippen LogP contribution in [0.4, 0.5) is 0 Å². The molecule has 0 saturated heterocycles. The van der Waals surface area contributed by atoms with Crippen LogP contribution in [0.1, 0.15) is 23.3 Å². The third kappa shape index (κ3) is 2.52. The van der Waals surface area contributed by atoms with E-state index in [2.05, 4.69) is 4.99 Å². The van der Waals surface area contributed by atoms with E-state index in [0.29, 0.717) is 12.2 Å². The molecule has 78 valence electrons. The second kappa shape index (κ2) is 5.72. The molecule has 0 unspecified atom stereocenters. The maximum absolute atomic E-state index is 10.7. The molecule has 2 N–H and O–H groups in total. The van der Waals surface area contributed by atoms with Gasteiger partial charge in [-0.15, -0.1) is 11.3 Å². The first-order valence-corrected chi connectivity index (χ1v) is 5.48. The Morgan fingerprint density at radius 3 is 3.00 bits per heavy atom. The number of aldehydes is 1. The SMILES string of the molecule is C/N=c1\scc(C=O)n1CCCCN. The number of nitrogens with zero attached hydrogens (tertiary/aromatic N) is 2. The maximum Gasteiger partial charge on any atom is 0.184 e. The Bertz CT molecular complexity index is 353. The molecule has 0 aliphatic heterocycles. The summed E-state index contributed by atoms with van der Waals surface area (Å²) in [5, 5.41) is 1.83. The summed E-state index contributed by atoms with van der Waals surface area (Å²) < 4.78 is 1.94. The minimum absolute atomic E-state index is 0.694. The lowest BCUT2D eigenvalue weighted by Gasteiger charge is -2.03. The highest BCUT2D eigenvalue weighted by atomic mass is 32.1. The summed E-state index contributed by atoms with van der Waals surface area (Å²) in [6.07, 6.45) is 2.83. The lowest BCUT2D eigenvalue weighted by molar-refractivity contribution is 0.111. The normalized spacial score (nSPS) is 12.0. The number of carbonyl (C=O) groups excluding carboxylic acids is 1. The van der Waals surface area contributed by atoms with Crippen molar-refractivity contribution in [3.8, 4) is 0 Å². The number of unbranched alkanes of at least 4 members (excludes halogenated alkanes) is 1. The van der Waals surface area contributed by atoms with Crippen molar-refractivity contribution in [1.29, 1.82) is 0 Å². The molecule has 0 aliphatic carbocycles. The van der Waals surface area contributed by atoms with Gasteiger partial charge in [0, 0.05) is 19.0 Å². The van der Waals surface area contributed by atoms with Crippen LogP contribution in [0.2, 0.25) is 0 Å². The summed E-state index contributed by atoms with van der Waals surface area (Å²) >= 11 is 1.49. The molecule has 14 heavy (non-hydrogen) atoms. The average Bonchev–Trinajstić information content (AvgIpc) is 2.60. The number of rotatable bonds is 5. The minimum Gasteiger partial charge on any atom is -0.330 e. The highest BCUT2D eigenvalue weighted by Crippen LogP contribution is 2.01. The maximum atomic E-state index is 10.7. The van der Waals surface area contributed by atoms with Crippen LogP contribution >= 0.6 is 11.3 Å². The first kappa shape index (κ1) is 11.1. The molecule has 4 nitrogen and oxygen atoms in total. The Morgan fingerprint density at radius 2 is 2.43 bits per heavy atom. The van der Waals surface area contributed by atoms with Gasteiger partial charge in [-0.1, -0.05) is 0 Å². The van der Waals surface area contributed by atoms with Gasteiger partial charge in [0.25, 0.3) is 0 Å². The molecule has 0 amide bonds. The summed E-state index contributed by atoms with van der Waals surface area (Å²) in [5.41, 5.74) is 6.11. The highest BCUT2D eigenvalue weighted by molar-refractivity contribution is 7.07. The van der Waals surface area contributed by atoms with Crippen LogP contribution < -0.4 is 10.5 Å². The standard InChI is InChI=1S/C9H15N3OS/c1-11-9-12(5-3-2-4-10)8(6-13)7-14-9/h6-7H,2-5,10H2,1H3/b11-9-. The van der Waals surface area contributed by atoms with Crippen LogP contribution in [0.5, 0.6) is 0 Å². The van der Waals surface area contributed by atoms with E-state index in [-0.39, 0.29) is 0 Å². The summed E-state index contributed by atoms with van der Waals surface area (Å²) in [5.74, 6) is 0. The number of carbonyl (C=O) groups is 1. The molecule has 1 rings (SSSR count). The van der Waals surface area contributed by atoms with E-state index < -0.39 is 0 Å². The molecule has 0 radical (unpaired) electrons. The first-order valence-electron chi connectivity index (χ1n) is 4.60. The molecular weight excluding hydrogens is 198 g/mol. The summed E-state index contributed by atoms with van der Waals surface area (Å²) in [6, 6.07) is 0. The van der Waals surface area contributed by atoms with E-state index in [0.717, 1.165) is 30.5 Å². The fraction of sp³-hybridized carbons (Fsp3) is 0.556. The predicted molar refractivity (Wildman–Crippen MR) is 57.5 cm³/mol. The van der Waals surface area contributed by atoms with E-state index in [1.165, 1.54) is 11.3 Å². The number of aromatic nitrogens is 1. The summed E-state index contributed by atoms with van der Waals surface area (Å²) in [6.45, 7) is 1.52. The average molecular weight is 213 g/mol. The zero-order valence-electron chi connectivity index (χ0n) is 8.27. The zero-order chi connectivity index (χ0) is 10.4. The molecule has 0 spiro atoms. The minimum atomic E-state index is 0.694. The second-order valence-corrected chi connectivity index (χ2v) is 3.77. The Morgan fingerprint density at radius 1 is 1.64 bits per heavy atom. The van der Waals surface area contributed by atoms with Gasteiger partial charge in [0.2, 0.25) is 0 Å². The van der Waals surface area contributed by atoms with Crippen molar-refractivity contribution < 1.29 is 4.79 Å². The smallest absolute Gasteiger partial charge is 0.184 e. The predicted octanol–water partition coefficient (Wildman–Crippen LogP) is 0.632. The van der Waals surface area contributed by atoms with Crippen molar-refractivity contribution >= 4 is 17.6 Å². The summed E-state index contributed by atoms with van der Waals surface area (Å²) in [7, 11) is 1.74. The van der Waals surface area contributed by atoms with Crippen LogP contribution in [0.3, 0.4) is 0 Å². The Balaban J connectivity index is 2.81. The molecule has 5 heteroatoms. The fourth-order valence-electron chi connectivity index (χ4n) is 1.25. The fourth-order valence-corrected chi connectivity index (χ4v) is 2.09. The van der Waals surface area contributed by atoms with Gasteiger partial charge in [0.15, 0.2) is 11.1 Å². The van der Waals surface area contributed by atoms with E-state index in [9.17, 15) is 4.79 Å². The van der Waals surface area contributed by atoms with Gasteiger partial charge < -0.3 is 10.3 Å². The molecule has 0 atom stereocenters. The van der Waals surface area contributed by atoms with Crippen LogP contribution in [-0.2, 0) is 6.54 Å². The van der Waals surface area contributed by atoms with Gasteiger partial charge in [-0.25, -0.2) is 0 Å². The van der Waals surface area contributed by atoms with Gasteiger partial charge >= 0.3 is 0 Å². The van der Waals surface area contributed by atoms with Gasteiger partial charge in [0.1, 0.15) is 0 Å². The van der Waals surface area contributed by atoms with Gasteiger partial charge in [-0.2, -0.15) is 0 Å². The lowest BCUT2D eigenvalue weighted by Crippen LogP contribution is -2.18. The third-order valence-corrected chi connectivity index (χ3v) is 2.95. The largest absolute Gasteiger partial charge is 0.330 e. The summed E-state index contributed by atoms with van der Waals surface area (Å²) in [4.78, 5) is 15.7. The Kier molecular flexibility index (Phi) is 4.55. The quantitative estimate of drug-likeness (QED) is 0.576. The molecule has 1 aromatic rings. The first-order chi connectivity index (χ1) is 6.83. The highest BCUT2D eigenvalue weighted by Gasteiger charge is 2.02. The Labute approximate surface area is 87.1 Å². The second-order valence-electron chi connectivity index (χ2n) is 2.93. The number of thiazole rings is 1. The van der Waals surface area contributed by atoms with Crippen molar-refractivity contribution in [1.82, 2.24) is 4.57 Å². The number of hydrogen-bond acceptors (Lipinski definition) is 4. The van der Waals surface area contributed by atoms with E-state index in [1.807, 2.05) is 9.95 Å². The van der Waals surface area contributed by atoms with E-state index in [1.54, 1.807) is 7.05 Å². The van der Waals surface area contributed by atoms with Gasteiger partial charge in [-0.05, 0) is 19.4 Å². The van der Waals surface area contributed by atoms with Crippen molar-refractivity contribution in [2.24, 2.45) is 10.7 Å². The van der Waals surface area contributed by atoms with Gasteiger partial charge in [0.05, 0.1) is 5.69 Å². The molecule has 0 aromatic carbocycles. The molecule has 0 aliphatic rings. The molecule has 0 fully saturated rings. The van der Waals surface area contributed by atoms with Crippen LogP contribution in [0.25, 0.3) is 0 Å². The van der Waals surface area contributed by atoms with E-state index in [4.69, 9.17) is 5.73 Å². The topological polar surface area (TPSA) is 60.4 Å². The number of hydrogen-bond donors (Lipinski definition) is 1. The van der Waals surface area contributed by atoms with Crippen LogP contribution in [-0.4, -0.2) is 24.4 Å². The molecular formula is C9H15N3OS. The van der Waals surface area contributed by atoms with Crippen LogP contribution in [0.15, 0.2) is 10.4 Å². The molecule has 0 bridgehead atoms. The third-order valence-electron chi connectivity index (χ3n) is 1.98. The monoisotopic (exact) mass is 213 g/mol.